The maximum Gasteiger partial charge on any atom is 0.181 e. The lowest BCUT2D eigenvalue weighted by Gasteiger charge is -2.24. The molecule has 1 aliphatic heterocycles. The number of benzene rings is 2. The molecule has 2 aliphatic rings. The molecule has 1 heterocycles. The molecule has 1 unspecified atom stereocenters. The van der Waals surface area contributed by atoms with E-state index in [4.69, 9.17) is 32.1 Å². The number of rotatable bonds is 4. The third kappa shape index (κ3) is 2.63. The van der Waals surface area contributed by atoms with Gasteiger partial charge in [-0.05, 0) is 50.1 Å². The molecule has 26 heavy (non-hydrogen) atoms. The number of hydrogen-bond acceptors (Lipinski definition) is 5. The Balaban J connectivity index is 1.88. The van der Waals surface area contributed by atoms with E-state index >= 15 is 0 Å². The normalized spacial score (nSPS) is 22.1. The summed E-state index contributed by atoms with van der Waals surface area (Å²) in [6.07, 6.45) is 2.12. The third-order valence-corrected chi connectivity index (χ3v) is 5.36. The van der Waals surface area contributed by atoms with Crippen molar-refractivity contribution in [2.45, 2.75) is 25.4 Å². The maximum absolute atomic E-state index is 10.5. The van der Waals surface area contributed by atoms with Gasteiger partial charge in [0.2, 0.25) is 0 Å². The van der Waals surface area contributed by atoms with Crippen molar-refractivity contribution in [2.75, 3.05) is 7.11 Å². The highest BCUT2D eigenvalue weighted by atomic mass is 35.5. The van der Waals surface area contributed by atoms with Crippen LogP contribution in [-0.4, -0.2) is 23.8 Å². The van der Waals surface area contributed by atoms with Crippen molar-refractivity contribution >= 4 is 23.1 Å². The van der Waals surface area contributed by atoms with E-state index in [0.717, 1.165) is 24.1 Å². The molecular weight excluding hydrogens is 350 g/mol. The van der Waals surface area contributed by atoms with Crippen molar-refractivity contribution < 1.29 is 9.84 Å². The number of hydrogen-bond donors (Lipinski definition) is 2. The van der Waals surface area contributed by atoms with Crippen LogP contribution in [0.25, 0.3) is 11.1 Å². The summed E-state index contributed by atoms with van der Waals surface area (Å²) < 4.78 is 5.30. The van der Waals surface area contributed by atoms with Crippen LogP contribution in [-0.2, 0) is 5.66 Å². The average Bonchev–Trinajstić information content (AvgIpc) is 3.43. The number of methoxy groups -OCH3 is 1. The molecule has 1 saturated carbocycles. The molecule has 0 bridgehead atoms. The Bertz CT molecular complexity index is 930. The average molecular weight is 370 g/mol. The van der Waals surface area contributed by atoms with Gasteiger partial charge < -0.3 is 15.6 Å². The quantitative estimate of drug-likeness (QED) is 0.850. The summed E-state index contributed by atoms with van der Waals surface area (Å²) in [5.41, 5.74) is 8.33. The molecule has 1 aliphatic carbocycles. The molecule has 4 rings (SSSR count). The predicted octanol–water partition coefficient (Wildman–Crippen LogP) is 4.12. The molecule has 134 valence electrons. The molecular formula is C20H20ClN3O2. The summed E-state index contributed by atoms with van der Waals surface area (Å²) in [4.78, 5) is 9.51. The largest absolute Gasteiger partial charge is 0.507 e. The fourth-order valence-electron chi connectivity index (χ4n) is 3.45. The molecule has 1 atom stereocenters. The van der Waals surface area contributed by atoms with Crippen molar-refractivity contribution in [3.05, 3.63) is 47.0 Å². The molecule has 5 nitrogen and oxygen atoms in total. The van der Waals surface area contributed by atoms with E-state index in [1.165, 1.54) is 0 Å². The Labute approximate surface area is 157 Å². The zero-order valence-electron chi connectivity index (χ0n) is 14.7. The van der Waals surface area contributed by atoms with Crippen molar-refractivity contribution in [2.24, 2.45) is 21.6 Å². The van der Waals surface area contributed by atoms with Gasteiger partial charge in [0.15, 0.2) is 5.66 Å². The van der Waals surface area contributed by atoms with Gasteiger partial charge in [-0.3, -0.25) is 4.99 Å². The van der Waals surface area contributed by atoms with Crippen LogP contribution in [0.2, 0.25) is 5.02 Å². The van der Waals surface area contributed by atoms with Crippen molar-refractivity contribution in [3.63, 3.8) is 0 Å². The van der Waals surface area contributed by atoms with Crippen LogP contribution < -0.4 is 10.5 Å². The first-order valence-electron chi connectivity index (χ1n) is 8.54. The molecule has 0 amide bonds. The van der Waals surface area contributed by atoms with Gasteiger partial charge in [0.05, 0.1) is 12.8 Å². The maximum atomic E-state index is 10.5. The first-order valence-corrected chi connectivity index (χ1v) is 8.92. The zero-order valence-corrected chi connectivity index (χ0v) is 15.4. The van der Waals surface area contributed by atoms with Crippen LogP contribution in [0.1, 0.15) is 25.3 Å². The number of phenolic OH excluding ortho intramolecular Hbond substituents is 1. The second-order valence-electron chi connectivity index (χ2n) is 6.77. The minimum atomic E-state index is -0.693. The topological polar surface area (TPSA) is 80.2 Å². The van der Waals surface area contributed by atoms with E-state index in [-0.39, 0.29) is 5.75 Å². The number of amidine groups is 1. The highest BCUT2D eigenvalue weighted by Gasteiger charge is 2.49. The van der Waals surface area contributed by atoms with Gasteiger partial charge in [-0.1, -0.05) is 17.7 Å². The zero-order chi connectivity index (χ0) is 18.5. The van der Waals surface area contributed by atoms with Crippen LogP contribution in [0.5, 0.6) is 11.5 Å². The van der Waals surface area contributed by atoms with Gasteiger partial charge in [0.1, 0.15) is 17.3 Å². The van der Waals surface area contributed by atoms with Crippen molar-refractivity contribution in [1.82, 2.24) is 0 Å². The Hall–Kier alpha value is -2.53. The van der Waals surface area contributed by atoms with E-state index < -0.39 is 5.66 Å². The summed E-state index contributed by atoms with van der Waals surface area (Å²) in [7, 11) is 1.60. The van der Waals surface area contributed by atoms with E-state index in [9.17, 15) is 5.11 Å². The first kappa shape index (κ1) is 16.9. The van der Waals surface area contributed by atoms with Crippen LogP contribution in [0.4, 0.5) is 0 Å². The van der Waals surface area contributed by atoms with Crippen molar-refractivity contribution in [1.29, 1.82) is 0 Å². The molecule has 1 fully saturated rings. The summed E-state index contributed by atoms with van der Waals surface area (Å²) in [5, 5.41) is 11.0. The van der Waals surface area contributed by atoms with Gasteiger partial charge in [-0.15, -0.1) is 0 Å². The number of nitrogens with two attached hydrogens (primary N) is 1. The predicted molar refractivity (Wildman–Crippen MR) is 104 cm³/mol. The van der Waals surface area contributed by atoms with Crippen molar-refractivity contribution in [3.8, 4) is 22.6 Å². The van der Waals surface area contributed by atoms with E-state index in [1.54, 1.807) is 25.3 Å². The highest BCUT2D eigenvalue weighted by Crippen LogP contribution is 2.52. The Morgan fingerprint density at radius 1 is 1.15 bits per heavy atom. The van der Waals surface area contributed by atoms with Gasteiger partial charge in [0.25, 0.3) is 0 Å². The number of aliphatic imine (C=N–C) groups is 2. The molecule has 3 N–H and O–H groups in total. The summed E-state index contributed by atoms with van der Waals surface area (Å²) in [6, 6.07) is 10.8. The second kappa shape index (κ2) is 6.02. The summed E-state index contributed by atoms with van der Waals surface area (Å²) >= 11 is 6.39. The van der Waals surface area contributed by atoms with Gasteiger partial charge in [-0.25, -0.2) is 4.99 Å². The monoisotopic (exact) mass is 369 g/mol. The van der Waals surface area contributed by atoms with Crippen LogP contribution in [0.15, 0.2) is 46.4 Å². The summed E-state index contributed by atoms with van der Waals surface area (Å²) in [6.45, 7) is 1.88. The van der Waals surface area contributed by atoms with Crippen LogP contribution in [0.3, 0.4) is 0 Å². The number of nitrogens with zero attached hydrogens (tertiary/aromatic N) is 2. The van der Waals surface area contributed by atoms with Gasteiger partial charge >= 0.3 is 0 Å². The minimum Gasteiger partial charge on any atom is -0.507 e. The minimum absolute atomic E-state index is 0.144. The molecule has 2 aromatic carbocycles. The fraction of sp³-hybridized carbons (Fsp3) is 0.300. The number of halogens is 1. The Morgan fingerprint density at radius 3 is 2.54 bits per heavy atom. The smallest absolute Gasteiger partial charge is 0.181 e. The lowest BCUT2D eigenvalue weighted by atomic mass is 9.91. The summed E-state index contributed by atoms with van der Waals surface area (Å²) in [5.74, 6) is 1.62. The van der Waals surface area contributed by atoms with E-state index in [2.05, 4.69) is 0 Å². The Morgan fingerprint density at radius 2 is 1.92 bits per heavy atom. The van der Waals surface area contributed by atoms with Crippen LogP contribution in [0, 0.1) is 5.92 Å². The third-order valence-electron chi connectivity index (χ3n) is 5.03. The standard InChI is InChI=1S/C20H20ClN3O2/c1-11-19(22)24-20(23-11,12-3-4-12)13-5-8-18(25)16(9-13)15-10-14(26-2)6-7-17(15)21/h5-10,12,25H,3-4H2,1-2H3,(H2,22,24). The lowest BCUT2D eigenvalue weighted by molar-refractivity contribution is 0.414. The molecule has 2 aromatic rings. The molecule has 0 aromatic heterocycles. The Kier molecular flexibility index (Phi) is 3.92. The molecule has 0 spiro atoms. The van der Waals surface area contributed by atoms with E-state index in [1.807, 2.05) is 25.1 Å². The van der Waals surface area contributed by atoms with E-state index in [0.29, 0.717) is 33.7 Å². The number of aromatic hydroxyl groups is 1. The molecule has 0 radical (unpaired) electrons. The van der Waals surface area contributed by atoms with Gasteiger partial charge in [0, 0.05) is 27.6 Å². The number of ether oxygens (including phenoxy) is 1. The highest BCUT2D eigenvalue weighted by molar-refractivity contribution is 6.41. The molecule has 0 saturated heterocycles. The van der Waals surface area contributed by atoms with Crippen LogP contribution >= 0.6 is 11.6 Å². The number of phenols is 1. The first-order chi connectivity index (χ1) is 12.4. The SMILES string of the molecule is COc1ccc(Cl)c(-c2cc(C3(C4CC4)N=C(C)C(N)=N3)ccc2O)c1. The van der Waals surface area contributed by atoms with Gasteiger partial charge in [-0.2, -0.15) is 0 Å². The fourth-order valence-corrected chi connectivity index (χ4v) is 3.67. The lowest BCUT2D eigenvalue weighted by Crippen LogP contribution is -2.23. The second-order valence-corrected chi connectivity index (χ2v) is 7.18. The molecule has 6 heteroatoms.